The molecule has 5 heteroatoms. The van der Waals surface area contributed by atoms with Gasteiger partial charge in [-0.25, -0.2) is 8.42 Å². The Bertz CT molecular complexity index is 506. The van der Waals surface area contributed by atoms with Crippen molar-refractivity contribution in [2.24, 2.45) is 0 Å². The molecule has 0 radical (unpaired) electrons. The summed E-state index contributed by atoms with van der Waals surface area (Å²) in [5, 5.41) is 0. The molecular formula is C13H20N2O2S. The summed E-state index contributed by atoms with van der Waals surface area (Å²) < 4.78 is 25.9. The Morgan fingerprint density at radius 1 is 1.33 bits per heavy atom. The minimum atomic E-state index is -3.28. The molecule has 0 aromatic carbocycles. The first kappa shape index (κ1) is 13.5. The van der Waals surface area contributed by atoms with E-state index in [9.17, 15) is 8.42 Å². The lowest BCUT2D eigenvalue weighted by atomic mass is 10.1. The zero-order valence-corrected chi connectivity index (χ0v) is 11.9. The van der Waals surface area contributed by atoms with Crippen molar-refractivity contribution in [1.82, 2.24) is 9.29 Å². The van der Waals surface area contributed by atoms with Gasteiger partial charge in [0.1, 0.15) is 0 Å². The van der Waals surface area contributed by atoms with Gasteiger partial charge >= 0.3 is 0 Å². The molecule has 1 aromatic rings. The third-order valence-electron chi connectivity index (χ3n) is 3.32. The van der Waals surface area contributed by atoms with Crippen LogP contribution in [0.2, 0.25) is 0 Å². The number of pyridine rings is 1. The zero-order chi connectivity index (χ0) is 13.4. The highest BCUT2D eigenvalue weighted by molar-refractivity contribution is 7.90. The van der Waals surface area contributed by atoms with Crippen molar-refractivity contribution in [2.75, 3.05) is 6.54 Å². The molecule has 1 aliphatic rings. The van der Waals surface area contributed by atoms with Crippen LogP contribution in [0.3, 0.4) is 0 Å². The number of aromatic nitrogens is 1. The third-order valence-corrected chi connectivity index (χ3v) is 5.92. The van der Waals surface area contributed by atoms with Gasteiger partial charge in [0.25, 0.3) is 0 Å². The molecule has 0 aliphatic carbocycles. The summed E-state index contributed by atoms with van der Waals surface area (Å²) in [5.41, 5.74) is 0.850. The lowest BCUT2D eigenvalue weighted by Gasteiger charge is -2.30. The van der Waals surface area contributed by atoms with Gasteiger partial charge in [0, 0.05) is 12.7 Å². The lowest BCUT2D eigenvalue weighted by Crippen LogP contribution is -2.42. The van der Waals surface area contributed by atoms with Gasteiger partial charge in [0.15, 0.2) is 0 Å². The lowest BCUT2D eigenvalue weighted by molar-refractivity contribution is 0.375. The molecule has 0 spiro atoms. The molecule has 1 saturated heterocycles. The number of hydrogen-bond donors (Lipinski definition) is 0. The normalized spacial score (nSPS) is 22.3. The van der Waals surface area contributed by atoms with Crippen molar-refractivity contribution in [1.29, 1.82) is 0 Å². The standard InChI is InChI=1S/C13H20N2O2S/c1-13(2,3)18(16,17)15-10-6-8-12(15)11-7-4-5-9-14-11/h4-5,7,9,12H,6,8,10H2,1-3H3/t12-/m0/s1. The van der Waals surface area contributed by atoms with Crippen LogP contribution in [0.4, 0.5) is 0 Å². The van der Waals surface area contributed by atoms with Gasteiger partial charge in [-0.15, -0.1) is 0 Å². The van der Waals surface area contributed by atoms with Crippen LogP contribution >= 0.6 is 0 Å². The van der Waals surface area contributed by atoms with E-state index >= 15 is 0 Å². The van der Waals surface area contributed by atoms with E-state index in [1.165, 1.54) is 0 Å². The summed E-state index contributed by atoms with van der Waals surface area (Å²) in [4.78, 5) is 4.30. The molecule has 0 N–H and O–H groups in total. The predicted molar refractivity (Wildman–Crippen MR) is 71.6 cm³/mol. The molecule has 0 saturated carbocycles. The Labute approximate surface area is 109 Å². The number of nitrogens with zero attached hydrogens (tertiary/aromatic N) is 2. The average molecular weight is 268 g/mol. The van der Waals surface area contributed by atoms with Crippen molar-refractivity contribution in [3.8, 4) is 0 Å². The SMILES string of the molecule is CC(C)(C)S(=O)(=O)N1CCC[C@H]1c1ccccn1. The summed E-state index contributed by atoms with van der Waals surface area (Å²) in [6.45, 7) is 5.84. The molecule has 1 aromatic heterocycles. The van der Waals surface area contributed by atoms with Crippen LogP contribution in [0.5, 0.6) is 0 Å². The minimum absolute atomic E-state index is 0.101. The topological polar surface area (TPSA) is 50.3 Å². The van der Waals surface area contributed by atoms with Crippen molar-refractivity contribution in [3.05, 3.63) is 30.1 Å². The maximum absolute atomic E-state index is 12.5. The molecule has 0 unspecified atom stereocenters. The molecule has 1 aliphatic heterocycles. The highest BCUT2D eigenvalue weighted by Crippen LogP contribution is 2.36. The van der Waals surface area contributed by atoms with E-state index < -0.39 is 14.8 Å². The van der Waals surface area contributed by atoms with E-state index in [1.54, 1.807) is 31.3 Å². The van der Waals surface area contributed by atoms with E-state index in [0.717, 1.165) is 18.5 Å². The van der Waals surface area contributed by atoms with E-state index in [4.69, 9.17) is 0 Å². The van der Waals surface area contributed by atoms with Crippen LogP contribution in [0.1, 0.15) is 45.3 Å². The van der Waals surface area contributed by atoms with Gasteiger partial charge < -0.3 is 0 Å². The zero-order valence-electron chi connectivity index (χ0n) is 11.1. The molecule has 0 amide bonds. The molecule has 1 atom stereocenters. The van der Waals surface area contributed by atoms with Crippen LogP contribution in [0.25, 0.3) is 0 Å². The monoisotopic (exact) mass is 268 g/mol. The first-order valence-corrected chi connectivity index (χ1v) is 7.70. The first-order chi connectivity index (χ1) is 8.34. The van der Waals surface area contributed by atoms with E-state index in [1.807, 2.05) is 18.2 Å². The quantitative estimate of drug-likeness (QED) is 0.827. The summed E-state index contributed by atoms with van der Waals surface area (Å²) in [7, 11) is -3.28. The average Bonchev–Trinajstić information content (AvgIpc) is 2.78. The Hall–Kier alpha value is -0.940. The molecule has 0 bridgehead atoms. The second-order valence-electron chi connectivity index (χ2n) is 5.64. The van der Waals surface area contributed by atoms with Crippen LogP contribution in [-0.2, 0) is 10.0 Å². The highest BCUT2D eigenvalue weighted by atomic mass is 32.2. The number of sulfonamides is 1. The number of rotatable bonds is 2. The van der Waals surface area contributed by atoms with Gasteiger partial charge in [-0.05, 0) is 45.7 Å². The summed E-state index contributed by atoms with van der Waals surface area (Å²) >= 11 is 0. The Kier molecular flexibility index (Phi) is 3.47. The van der Waals surface area contributed by atoms with Crippen molar-refractivity contribution >= 4 is 10.0 Å². The molecule has 2 heterocycles. The van der Waals surface area contributed by atoms with Crippen LogP contribution in [0, 0.1) is 0 Å². The maximum Gasteiger partial charge on any atom is 0.219 e. The highest BCUT2D eigenvalue weighted by Gasteiger charge is 2.42. The minimum Gasteiger partial charge on any atom is -0.260 e. The smallest absolute Gasteiger partial charge is 0.219 e. The molecular weight excluding hydrogens is 248 g/mol. The molecule has 4 nitrogen and oxygen atoms in total. The first-order valence-electron chi connectivity index (χ1n) is 6.26. The van der Waals surface area contributed by atoms with Crippen molar-refractivity contribution in [2.45, 2.75) is 44.4 Å². The predicted octanol–water partition coefficient (Wildman–Crippen LogP) is 2.35. The maximum atomic E-state index is 12.5. The van der Waals surface area contributed by atoms with E-state index in [-0.39, 0.29) is 6.04 Å². The fraction of sp³-hybridized carbons (Fsp3) is 0.615. The van der Waals surface area contributed by atoms with Crippen LogP contribution < -0.4 is 0 Å². The molecule has 18 heavy (non-hydrogen) atoms. The molecule has 100 valence electrons. The van der Waals surface area contributed by atoms with Crippen molar-refractivity contribution in [3.63, 3.8) is 0 Å². The Morgan fingerprint density at radius 2 is 2.06 bits per heavy atom. The molecule has 1 fully saturated rings. The van der Waals surface area contributed by atoms with E-state index in [0.29, 0.717) is 6.54 Å². The second kappa shape index (κ2) is 4.63. The van der Waals surface area contributed by atoms with Gasteiger partial charge in [-0.3, -0.25) is 4.98 Å². The summed E-state index contributed by atoms with van der Waals surface area (Å²) in [5.74, 6) is 0. The largest absolute Gasteiger partial charge is 0.260 e. The van der Waals surface area contributed by atoms with E-state index in [2.05, 4.69) is 4.98 Å². The molecule has 2 rings (SSSR count). The van der Waals surface area contributed by atoms with Gasteiger partial charge in [0.2, 0.25) is 10.0 Å². The van der Waals surface area contributed by atoms with Gasteiger partial charge in [-0.1, -0.05) is 6.07 Å². The fourth-order valence-electron chi connectivity index (χ4n) is 2.25. The van der Waals surface area contributed by atoms with Crippen molar-refractivity contribution < 1.29 is 8.42 Å². The second-order valence-corrected chi connectivity index (χ2v) is 8.28. The number of hydrogen-bond acceptors (Lipinski definition) is 3. The summed E-state index contributed by atoms with van der Waals surface area (Å²) in [6, 6.07) is 5.56. The Balaban J connectivity index is 2.35. The van der Waals surface area contributed by atoms with Gasteiger partial charge in [-0.2, -0.15) is 4.31 Å². The van der Waals surface area contributed by atoms with Crippen LogP contribution in [0.15, 0.2) is 24.4 Å². The third kappa shape index (κ3) is 2.29. The summed E-state index contributed by atoms with van der Waals surface area (Å²) in [6.07, 6.45) is 3.47. The van der Waals surface area contributed by atoms with Gasteiger partial charge in [0.05, 0.1) is 16.5 Å². The van der Waals surface area contributed by atoms with Crippen LogP contribution in [-0.4, -0.2) is 29.0 Å². The Morgan fingerprint density at radius 3 is 2.61 bits per heavy atom. The fourth-order valence-corrected chi connectivity index (χ4v) is 3.87.